The van der Waals surface area contributed by atoms with E-state index < -0.39 is 0 Å². The Morgan fingerprint density at radius 2 is 2.19 bits per heavy atom. The highest BCUT2D eigenvalue weighted by atomic mass is 16.2. The topological polar surface area (TPSA) is 79.3 Å². The molecule has 1 aromatic carbocycles. The standard InChI is InChI=1S/C20H25N5O2/c1-11(2)22-18(26)10-25-19(12-3-4-12)23-15-6-5-13(7-14(15)20(25)27)24-9-16-17(24)8-21-16/h5-7,11-12,16-17,21H,3-4,8-10H2,1-2H3,(H,22,26). The molecule has 3 fully saturated rings. The molecule has 7 heteroatoms. The Morgan fingerprint density at radius 3 is 2.78 bits per heavy atom. The molecular formula is C20H25N5O2. The van der Waals surface area contributed by atoms with E-state index >= 15 is 0 Å². The van der Waals surface area contributed by atoms with Crippen LogP contribution >= 0.6 is 0 Å². The Kier molecular flexibility index (Phi) is 3.75. The minimum absolute atomic E-state index is 0.0361. The van der Waals surface area contributed by atoms with E-state index in [4.69, 9.17) is 4.98 Å². The lowest BCUT2D eigenvalue weighted by atomic mass is 9.88. The number of hydrogen-bond donors (Lipinski definition) is 2. The predicted octanol–water partition coefficient (Wildman–Crippen LogP) is 0.959. The molecule has 27 heavy (non-hydrogen) atoms. The van der Waals surface area contributed by atoms with E-state index in [1.807, 2.05) is 26.0 Å². The lowest BCUT2D eigenvalue weighted by Crippen LogP contribution is -2.78. The van der Waals surface area contributed by atoms with Crippen molar-refractivity contribution in [3.63, 3.8) is 0 Å². The zero-order chi connectivity index (χ0) is 18.7. The van der Waals surface area contributed by atoms with Crippen LogP contribution in [0.2, 0.25) is 0 Å². The van der Waals surface area contributed by atoms with Crippen molar-refractivity contribution >= 4 is 22.5 Å². The van der Waals surface area contributed by atoms with Crippen molar-refractivity contribution in [2.75, 3.05) is 18.0 Å². The van der Waals surface area contributed by atoms with Crippen molar-refractivity contribution in [2.24, 2.45) is 0 Å². The van der Waals surface area contributed by atoms with E-state index in [1.54, 1.807) is 4.57 Å². The normalized spacial score (nSPS) is 23.7. The van der Waals surface area contributed by atoms with Gasteiger partial charge in [-0.2, -0.15) is 0 Å². The van der Waals surface area contributed by atoms with Crippen LogP contribution in [0.3, 0.4) is 0 Å². The van der Waals surface area contributed by atoms with Crippen LogP contribution in [-0.2, 0) is 11.3 Å². The minimum Gasteiger partial charge on any atom is -0.364 e. The number of carbonyl (C=O) groups is 1. The van der Waals surface area contributed by atoms with Gasteiger partial charge in [0.15, 0.2) is 0 Å². The summed E-state index contributed by atoms with van der Waals surface area (Å²) in [6.07, 6.45) is 2.07. The first-order valence-electron chi connectivity index (χ1n) is 9.85. The monoisotopic (exact) mass is 367 g/mol. The number of hydrogen-bond acceptors (Lipinski definition) is 5. The number of nitrogens with zero attached hydrogens (tertiary/aromatic N) is 3. The molecule has 2 aliphatic heterocycles. The number of amides is 1. The van der Waals surface area contributed by atoms with E-state index in [0.29, 0.717) is 23.4 Å². The minimum atomic E-state index is -0.141. The number of nitrogens with one attached hydrogen (secondary N) is 2. The molecule has 2 aromatic rings. The number of fused-ring (bicyclic) bond motifs is 2. The van der Waals surface area contributed by atoms with Crippen LogP contribution in [0.25, 0.3) is 10.9 Å². The first kappa shape index (κ1) is 16.7. The lowest BCUT2D eigenvalue weighted by molar-refractivity contribution is -0.122. The predicted molar refractivity (Wildman–Crippen MR) is 104 cm³/mol. The van der Waals surface area contributed by atoms with Gasteiger partial charge in [-0.05, 0) is 44.9 Å². The summed E-state index contributed by atoms with van der Waals surface area (Å²) in [5.74, 6) is 0.912. The third-order valence-electron chi connectivity index (χ3n) is 5.84. The molecule has 1 saturated carbocycles. The van der Waals surface area contributed by atoms with Gasteiger partial charge in [0.1, 0.15) is 12.4 Å². The van der Waals surface area contributed by atoms with Crippen molar-refractivity contribution in [2.45, 2.75) is 57.3 Å². The van der Waals surface area contributed by atoms with E-state index in [-0.39, 0.29) is 24.1 Å². The molecule has 2 saturated heterocycles. The fourth-order valence-corrected chi connectivity index (χ4v) is 4.13. The highest BCUT2D eigenvalue weighted by Gasteiger charge is 2.45. The van der Waals surface area contributed by atoms with Crippen LogP contribution in [0, 0.1) is 0 Å². The van der Waals surface area contributed by atoms with Crippen molar-refractivity contribution in [1.29, 1.82) is 0 Å². The average Bonchev–Trinajstić information content (AvgIpc) is 3.43. The summed E-state index contributed by atoms with van der Waals surface area (Å²) in [6.45, 7) is 5.86. The molecule has 1 amide bonds. The Labute approximate surface area is 157 Å². The van der Waals surface area contributed by atoms with Crippen LogP contribution in [-0.4, -0.2) is 46.7 Å². The highest BCUT2D eigenvalue weighted by Crippen LogP contribution is 2.39. The van der Waals surface area contributed by atoms with Crippen LogP contribution in [0.15, 0.2) is 23.0 Å². The molecular weight excluding hydrogens is 342 g/mol. The number of carbonyl (C=O) groups excluding carboxylic acids is 1. The van der Waals surface area contributed by atoms with Gasteiger partial charge in [-0.15, -0.1) is 0 Å². The molecule has 2 N–H and O–H groups in total. The third-order valence-corrected chi connectivity index (χ3v) is 5.84. The smallest absolute Gasteiger partial charge is 0.261 e. The quantitative estimate of drug-likeness (QED) is 0.823. The molecule has 3 aliphatic rings. The molecule has 2 unspecified atom stereocenters. The SMILES string of the molecule is CC(C)NC(=O)Cn1c(C2CC2)nc2ccc(N3CC4NCC43)cc2c1=O. The van der Waals surface area contributed by atoms with Gasteiger partial charge in [-0.25, -0.2) is 4.98 Å². The van der Waals surface area contributed by atoms with E-state index in [0.717, 1.165) is 43.0 Å². The van der Waals surface area contributed by atoms with E-state index in [2.05, 4.69) is 21.6 Å². The first-order chi connectivity index (χ1) is 13.0. The second-order valence-electron chi connectivity index (χ2n) is 8.29. The van der Waals surface area contributed by atoms with Crippen LogP contribution < -0.4 is 21.1 Å². The molecule has 0 bridgehead atoms. The molecule has 0 spiro atoms. The maximum absolute atomic E-state index is 13.3. The van der Waals surface area contributed by atoms with Gasteiger partial charge in [0.2, 0.25) is 5.91 Å². The molecule has 1 aromatic heterocycles. The van der Waals surface area contributed by atoms with Crippen LogP contribution in [0.4, 0.5) is 5.69 Å². The number of aromatic nitrogens is 2. The number of piperazine rings is 1. The molecule has 2 atom stereocenters. The fraction of sp³-hybridized carbons (Fsp3) is 0.550. The van der Waals surface area contributed by atoms with E-state index in [9.17, 15) is 9.59 Å². The first-order valence-corrected chi connectivity index (χ1v) is 9.85. The van der Waals surface area contributed by atoms with Crippen molar-refractivity contribution in [3.8, 4) is 0 Å². The largest absolute Gasteiger partial charge is 0.364 e. The van der Waals surface area contributed by atoms with Gasteiger partial charge in [0.05, 0.1) is 16.9 Å². The molecule has 5 rings (SSSR count). The third kappa shape index (κ3) is 2.81. The second-order valence-corrected chi connectivity index (χ2v) is 8.29. The van der Waals surface area contributed by atoms with Crippen LogP contribution in [0.5, 0.6) is 0 Å². The van der Waals surface area contributed by atoms with Crippen LogP contribution in [0.1, 0.15) is 38.4 Å². The summed E-state index contributed by atoms with van der Waals surface area (Å²) in [6, 6.07) is 7.15. The summed E-state index contributed by atoms with van der Waals surface area (Å²) in [5.41, 5.74) is 1.70. The van der Waals surface area contributed by atoms with Crippen molar-refractivity contribution in [1.82, 2.24) is 20.2 Å². The summed E-state index contributed by atoms with van der Waals surface area (Å²) in [5, 5.41) is 6.88. The van der Waals surface area contributed by atoms with Gasteiger partial charge in [0, 0.05) is 36.8 Å². The average molecular weight is 367 g/mol. The Morgan fingerprint density at radius 1 is 1.37 bits per heavy atom. The molecule has 3 heterocycles. The lowest BCUT2D eigenvalue weighted by Gasteiger charge is -2.57. The maximum Gasteiger partial charge on any atom is 0.261 e. The van der Waals surface area contributed by atoms with Gasteiger partial charge < -0.3 is 15.5 Å². The zero-order valence-electron chi connectivity index (χ0n) is 15.7. The molecule has 7 nitrogen and oxygen atoms in total. The van der Waals surface area contributed by atoms with Gasteiger partial charge in [-0.1, -0.05) is 0 Å². The summed E-state index contributed by atoms with van der Waals surface area (Å²) in [7, 11) is 0. The number of anilines is 1. The Balaban J connectivity index is 1.54. The van der Waals surface area contributed by atoms with Crippen molar-refractivity contribution in [3.05, 3.63) is 34.4 Å². The highest BCUT2D eigenvalue weighted by molar-refractivity contribution is 5.83. The van der Waals surface area contributed by atoms with Gasteiger partial charge >= 0.3 is 0 Å². The number of rotatable bonds is 5. The van der Waals surface area contributed by atoms with Gasteiger partial charge in [-0.3, -0.25) is 14.2 Å². The van der Waals surface area contributed by atoms with E-state index in [1.165, 1.54) is 0 Å². The fourth-order valence-electron chi connectivity index (χ4n) is 4.13. The summed E-state index contributed by atoms with van der Waals surface area (Å²) >= 11 is 0. The Hall–Kier alpha value is -2.41. The number of benzene rings is 1. The zero-order valence-corrected chi connectivity index (χ0v) is 15.7. The summed E-state index contributed by atoms with van der Waals surface area (Å²) < 4.78 is 1.59. The summed E-state index contributed by atoms with van der Waals surface area (Å²) in [4.78, 5) is 32.7. The second kappa shape index (κ2) is 6.05. The Bertz CT molecular complexity index is 978. The molecule has 142 valence electrons. The molecule has 0 radical (unpaired) electrons. The molecule has 1 aliphatic carbocycles. The van der Waals surface area contributed by atoms with Crippen molar-refractivity contribution < 1.29 is 4.79 Å². The maximum atomic E-state index is 13.3. The van der Waals surface area contributed by atoms with Gasteiger partial charge in [0.25, 0.3) is 5.56 Å².